The molecule has 3 rings (SSSR count). The molecular formula is C13H20N4O2S2. The molecule has 8 heteroatoms. The van der Waals surface area contributed by atoms with Crippen LogP contribution in [-0.2, 0) is 10.0 Å². The molecule has 2 aromatic rings. The fourth-order valence-electron chi connectivity index (χ4n) is 2.85. The van der Waals surface area contributed by atoms with E-state index in [0.717, 1.165) is 19.3 Å². The summed E-state index contributed by atoms with van der Waals surface area (Å²) in [6.45, 7) is 3.36. The molecule has 0 atom stereocenters. The van der Waals surface area contributed by atoms with Crippen LogP contribution < -0.4 is 5.32 Å². The van der Waals surface area contributed by atoms with Crippen LogP contribution in [0.4, 0.5) is 5.82 Å². The van der Waals surface area contributed by atoms with Gasteiger partial charge in [0, 0.05) is 31.7 Å². The van der Waals surface area contributed by atoms with E-state index in [1.54, 1.807) is 22.0 Å². The van der Waals surface area contributed by atoms with E-state index in [0.29, 0.717) is 29.8 Å². The number of nitrogens with one attached hydrogen (secondary N) is 1. The van der Waals surface area contributed by atoms with Crippen LogP contribution in [0.1, 0.15) is 26.2 Å². The first-order chi connectivity index (χ1) is 10.1. The summed E-state index contributed by atoms with van der Waals surface area (Å²) in [7, 11) is -1.81. The third-order valence-electron chi connectivity index (χ3n) is 4.19. The van der Waals surface area contributed by atoms with Gasteiger partial charge in [-0.1, -0.05) is 13.3 Å². The second-order valence-electron chi connectivity index (χ2n) is 5.33. The number of hydrogen-bond donors (Lipinski definition) is 1. The molecule has 0 saturated carbocycles. The summed E-state index contributed by atoms with van der Waals surface area (Å²) in [5.41, 5.74) is 0. The predicted molar refractivity (Wildman–Crippen MR) is 84.4 cm³/mol. The third kappa shape index (κ3) is 2.45. The minimum atomic E-state index is -3.51. The molecule has 1 fully saturated rings. The van der Waals surface area contributed by atoms with Gasteiger partial charge >= 0.3 is 0 Å². The van der Waals surface area contributed by atoms with Crippen LogP contribution in [-0.4, -0.2) is 42.2 Å². The molecule has 0 aromatic carbocycles. The number of aromatic nitrogens is 2. The Morgan fingerprint density at radius 1 is 1.43 bits per heavy atom. The van der Waals surface area contributed by atoms with Crippen molar-refractivity contribution in [2.24, 2.45) is 5.92 Å². The Kier molecular flexibility index (Phi) is 3.94. The number of piperidine rings is 1. The van der Waals surface area contributed by atoms with Gasteiger partial charge in [0.1, 0.15) is 0 Å². The quantitative estimate of drug-likeness (QED) is 0.935. The fraction of sp³-hybridized carbons (Fsp3) is 0.615. The van der Waals surface area contributed by atoms with Gasteiger partial charge in [0.2, 0.25) is 0 Å². The van der Waals surface area contributed by atoms with Gasteiger partial charge < -0.3 is 5.32 Å². The standard InChI is InChI=1S/C13H20N4O2S2/c1-3-10-4-6-16(7-5-10)21(18,19)12-11(14-2)15-13-17(12)8-9-20-13/h8-10,14H,3-7H2,1-2H3. The lowest BCUT2D eigenvalue weighted by atomic mass is 9.96. The van der Waals surface area contributed by atoms with Crippen molar-refractivity contribution in [1.29, 1.82) is 0 Å². The molecule has 0 radical (unpaired) electrons. The fourth-order valence-corrected chi connectivity index (χ4v) is 5.35. The number of thiazole rings is 1. The first-order valence-corrected chi connectivity index (χ1v) is 9.53. The molecule has 1 N–H and O–H groups in total. The molecule has 3 heterocycles. The molecule has 21 heavy (non-hydrogen) atoms. The number of imidazole rings is 1. The van der Waals surface area contributed by atoms with Crippen molar-refractivity contribution in [3.05, 3.63) is 11.6 Å². The van der Waals surface area contributed by atoms with Crippen LogP contribution in [0.3, 0.4) is 0 Å². The highest BCUT2D eigenvalue weighted by atomic mass is 32.2. The molecule has 1 saturated heterocycles. The molecule has 0 aliphatic carbocycles. The lowest BCUT2D eigenvalue weighted by molar-refractivity contribution is 0.268. The van der Waals surface area contributed by atoms with Gasteiger partial charge in [0.25, 0.3) is 10.0 Å². The van der Waals surface area contributed by atoms with Crippen molar-refractivity contribution >= 4 is 32.1 Å². The number of fused-ring (bicyclic) bond motifs is 1. The molecule has 0 bridgehead atoms. The summed E-state index contributed by atoms with van der Waals surface area (Å²) in [4.78, 5) is 5.04. The molecule has 116 valence electrons. The molecule has 0 unspecified atom stereocenters. The number of hydrogen-bond acceptors (Lipinski definition) is 5. The zero-order valence-electron chi connectivity index (χ0n) is 12.2. The van der Waals surface area contributed by atoms with Gasteiger partial charge in [-0.05, 0) is 18.8 Å². The number of anilines is 1. The van der Waals surface area contributed by atoms with Crippen LogP contribution in [0.15, 0.2) is 16.6 Å². The summed E-state index contributed by atoms with van der Waals surface area (Å²) in [6, 6.07) is 0. The third-order valence-corrected chi connectivity index (χ3v) is 6.87. The largest absolute Gasteiger partial charge is 0.371 e. The monoisotopic (exact) mass is 328 g/mol. The molecule has 0 spiro atoms. The van der Waals surface area contributed by atoms with Crippen LogP contribution in [0.5, 0.6) is 0 Å². The van der Waals surface area contributed by atoms with Gasteiger partial charge in [0.15, 0.2) is 15.8 Å². The maximum atomic E-state index is 13.0. The van der Waals surface area contributed by atoms with Crippen molar-refractivity contribution in [3.63, 3.8) is 0 Å². The summed E-state index contributed by atoms with van der Waals surface area (Å²) in [6.07, 6.45) is 4.77. The molecule has 1 aliphatic heterocycles. The Hall–Kier alpha value is -1.12. The van der Waals surface area contributed by atoms with Gasteiger partial charge in [-0.25, -0.2) is 13.4 Å². The molecule has 1 aliphatic rings. The van der Waals surface area contributed by atoms with E-state index < -0.39 is 10.0 Å². The highest BCUT2D eigenvalue weighted by molar-refractivity contribution is 7.89. The van der Waals surface area contributed by atoms with Crippen LogP contribution >= 0.6 is 11.3 Å². The van der Waals surface area contributed by atoms with Gasteiger partial charge in [-0.3, -0.25) is 4.40 Å². The first-order valence-electron chi connectivity index (χ1n) is 7.21. The zero-order chi connectivity index (χ0) is 15.0. The Bertz CT molecular complexity index is 727. The van der Waals surface area contributed by atoms with Crippen LogP contribution in [0.2, 0.25) is 0 Å². The van der Waals surface area contributed by atoms with Crippen molar-refractivity contribution < 1.29 is 8.42 Å². The van der Waals surface area contributed by atoms with E-state index in [9.17, 15) is 8.42 Å². The average Bonchev–Trinajstić information content (AvgIpc) is 3.06. The number of rotatable bonds is 4. The Morgan fingerprint density at radius 2 is 2.14 bits per heavy atom. The number of sulfonamides is 1. The van der Waals surface area contributed by atoms with E-state index in [4.69, 9.17) is 0 Å². The van der Waals surface area contributed by atoms with Crippen molar-refractivity contribution in [1.82, 2.24) is 13.7 Å². The lowest BCUT2D eigenvalue weighted by Crippen LogP contribution is -2.39. The summed E-state index contributed by atoms with van der Waals surface area (Å²) < 4.78 is 29.2. The first kappa shape index (κ1) is 14.8. The highest BCUT2D eigenvalue weighted by Gasteiger charge is 2.34. The van der Waals surface area contributed by atoms with Gasteiger partial charge in [-0.15, -0.1) is 11.3 Å². The highest BCUT2D eigenvalue weighted by Crippen LogP contribution is 2.30. The summed E-state index contributed by atoms with van der Waals surface area (Å²) in [5, 5.41) is 5.02. The van der Waals surface area contributed by atoms with E-state index >= 15 is 0 Å². The minimum Gasteiger partial charge on any atom is -0.371 e. The van der Waals surface area contributed by atoms with Gasteiger partial charge in [0.05, 0.1) is 0 Å². The van der Waals surface area contributed by atoms with E-state index in [1.807, 2.05) is 5.38 Å². The minimum absolute atomic E-state index is 0.260. The number of nitrogens with zero attached hydrogens (tertiary/aromatic N) is 3. The van der Waals surface area contributed by atoms with Crippen LogP contribution in [0, 0.1) is 5.92 Å². The van der Waals surface area contributed by atoms with E-state index in [2.05, 4.69) is 17.2 Å². The Morgan fingerprint density at radius 3 is 2.76 bits per heavy atom. The Balaban J connectivity index is 1.98. The molecule has 6 nitrogen and oxygen atoms in total. The predicted octanol–water partition coefficient (Wildman–Crippen LogP) is 2.25. The van der Waals surface area contributed by atoms with Crippen molar-refractivity contribution in [2.45, 2.75) is 31.2 Å². The van der Waals surface area contributed by atoms with Crippen molar-refractivity contribution in [3.8, 4) is 0 Å². The summed E-state index contributed by atoms with van der Waals surface area (Å²) >= 11 is 1.43. The molecular weight excluding hydrogens is 308 g/mol. The molecule has 2 aromatic heterocycles. The average molecular weight is 328 g/mol. The SMILES string of the molecule is CCC1CCN(S(=O)(=O)c2c(NC)nc3sccn23)CC1. The van der Waals surface area contributed by atoms with E-state index in [1.165, 1.54) is 11.3 Å². The van der Waals surface area contributed by atoms with Crippen LogP contribution in [0.25, 0.3) is 4.96 Å². The maximum absolute atomic E-state index is 13.0. The van der Waals surface area contributed by atoms with E-state index in [-0.39, 0.29) is 5.03 Å². The zero-order valence-corrected chi connectivity index (χ0v) is 13.9. The lowest BCUT2D eigenvalue weighted by Gasteiger charge is -2.30. The maximum Gasteiger partial charge on any atom is 0.262 e. The topological polar surface area (TPSA) is 66.7 Å². The second-order valence-corrected chi connectivity index (χ2v) is 8.05. The normalized spacial score (nSPS) is 18.4. The second kappa shape index (κ2) is 5.58. The van der Waals surface area contributed by atoms with Gasteiger partial charge in [-0.2, -0.15) is 4.31 Å². The van der Waals surface area contributed by atoms with Crippen molar-refractivity contribution in [2.75, 3.05) is 25.5 Å². The Labute approximate surface area is 128 Å². The smallest absolute Gasteiger partial charge is 0.262 e. The summed E-state index contributed by atoms with van der Waals surface area (Å²) in [5.74, 6) is 1.08. The molecule has 0 amide bonds.